The molecule has 0 aromatic carbocycles. The van der Waals surface area contributed by atoms with E-state index < -0.39 is 33.7 Å². The van der Waals surface area contributed by atoms with Crippen molar-refractivity contribution in [1.29, 1.82) is 0 Å². The van der Waals surface area contributed by atoms with Gasteiger partial charge >= 0.3 is 5.69 Å². The largest absolute Gasteiger partial charge is 0.351 e. The highest BCUT2D eigenvalue weighted by atomic mass is 32.2. The Morgan fingerprint density at radius 1 is 1.48 bits per heavy atom. The Bertz CT molecular complexity index is 769. The van der Waals surface area contributed by atoms with Crippen LogP contribution in [0, 0.1) is 6.92 Å². The molecule has 23 heavy (non-hydrogen) atoms. The van der Waals surface area contributed by atoms with Gasteiger partial charge in [0.05, 0.1) is 19.0 Å². The molecule has 0 bridgehead atoms. The van der Waals surface area contributed by atoms with Crippen molar-refractivity contribution >= 4 is 21.9 Å². The standard InChI is InChI=1S/C13H20N2O6S2/c1-4-22-10-5-11(21-9(10)7-20-23(3,18)19)15-6-8(2)12(16)14-13(15)17/h6,9-11H,4-5,7H2,1-3H3,(H,14,16,17)/t9-,10+,11-/m1/s1. The predicted molar refractivity (Wildman–Crippen MR) is 87.3 cm³/mol. The van der Waals surface area contributed by atoms with E-state index in [0.717, 1.165) is 12.0 Å². The topological polar surface area (TPSA) is 107 Å². The SMILES string of the molecule is CCS[C@H]1C[C@H](n2cc(C)c(=O)[nH]c2=O)O[C@@H]1COS(C)(=O)=O. The molecule has 1 aliphatic heterocycles. The van der Waals surface area contributed by atoms with Crippen molar-refractivity contribution in [3.8, 4) is 0 Å². The maximum absolute atomic E-state index is 12.0. The molecule has 10 heteroatoms. The fraction of sp³-hybridized carbons (Fsp3) is 0.692. The van der Waals surface area contributed by atoms with Crippen LogP contribution in [0.4, 0.5) is 0 Å². The predicted octanol–water partition coefficient (Wildman–Crippen LogP) is 0.230. The van der Waals surface area contributed by atoms with E-state index in [1.165, 1.54) is 10.8 Å². The van der Waals surface area contributed by atoms with Gasteiger partial charge in [-0.2, -0.15) is 20.2 Å². The summed E-state index contributed by atoms with van der Waals surface area (Å²) in [6, 6.07) is 0. The molecule has 130 valence electrons. The molecular weight excluding hydrogens is 344 g/mol. The zero-order valence-electron chi connectivity index (χ0n) is 13.1. The number of hydrogen-bond donors (Lipinski definition) is 1. The normalized spacial score (nSPS) is 24.9. The molecule has 0 aliphatic carbocycles. The summed E-state index contributed by atoms with van der Waals surface area (Å²) in [5.74, 6) is 0.829. The average molecular weight is 364 g/mol. The molecule has 2 rings (SSSR count). The van der Waals surface area contributed by atoms with Gasteiger partial charge in [0.2, 0.25) is 0 Å². The summed E-state index contributed by atoms with van der Waals surface area (Å²) in [6.07, 6.45) is 1.96. The van der Waals surface area contributed by atoms with Gasteiger partial charge in [-0.05, 0) is 12.7 Å². The molecule has 1 N–H and O–H groups in total. The first-order chi connectivity index (χ1) is 10.7. The summed E-state index contributed by atoms with van der Waals surface area (Å²) in [4.78, 5) is 25.7. The first kappa shape index (κ1) is 18.2. The van der Waals surface area contributed by atoms with Crippen molar-refractivity contribution in [2.45, 2.75) is 37.9 Å². The smallest absolute Gasteiger partial charge is 0.330 e. The van der Waals surface area contributed by atoms with Crippen LogP contribution in [0.1, 0.15) is 25.1 Å². The molecule has 2 heterocycles. The summed E-state index contributed by atoms with van der Waals surface area (Å²) >= 11 is 1.62. The van der Waals surface area contributed by atoms with E-state index in [1.54, 1.807) is 18.7 Å². The number of aromatic amines is 1. The Balaban J connectivity index is 2.21. The zero-order valence-corrected chi connectivity index (χ0v) is 14.8. The number of hydrogen-bond acceptors (Lipinski definition) is 7. The van der Waals surface area contributed by atoms with Crippen LogP contribution in [0.25, 0.3) is 0 Å². The maximum Gasteiger partial charge on any atom is 0.330 e. The van der Waals surface area contributed by atoms with Gasteiger partial charge in [-0.15, -0.1) is 0 Å². The molecular formula is C13H20N2O6S2. The molecule has 1 aliphatic rings. The van der Waals surface area contributed by atoms with Crippen molar-refractivity contribution in [3.63, 3.8) is 0 Å². The van der Waals surface area contributed by atoms with Crippen LogP contribution < -0.4 is 11.2 Å². The van der Waals surface area contributed by atoms with Gasteiger partial charge in [0.15, 0.2) is 0 Å². The lowest BCUT2D eigenvalue weighted by Gasteiger charge is -2.17. The molecule has 1 aromatic heterocycles. The lowest BCUT2D eigenvalue weighted by atomic mass is 10.2. The van der Waals surface area contributed by atoms with Crippen LogP contribution in [0.2, 0.25) is 0 Å². The highest BCUT2D eigenvalue weighted by Gasteiger charge is 2.37. The quantitative estimate of drug-likeness (QED) is 0.720. The van der Waals surface area contributed by atoms with Gasteiger partial charge in [-0.1, -0.05) is 6.92 Å². The molecule has 0 spiro atoms. The summed E-state index contributed by atoms with van der Waals surface area (Å²) < 4.78 is 34.3. The fourth-order valence-electron chi connectivity index (χ4n) is 2.40. The minimum atomic E-state index is -3.56. The number of rotatable bonds is 6. The third kappa shape index (κ3) is 4.69. The molecule has 1 saturated heterocycles. The van der Waals surface area contributed by atoms with Crippen molar-refractivity contribution in [3.05, 3.63) is 32.6 Å². The minimum Gasteiger partial charge on any atom is -0.351 e. The maximum atomic E-state index is 12.0. The van der Waals surface area contributed by atoms with E-state index in [9.17, 15) is 18.0 Å². The van der Waals surface area contributed by atoms with E-state index in [4.69, 9.17) is 8.92 Å². The van der Waals surface area contributed by atoms with E-state index in [1.807, 2.05) is 6.92 Å². The summed E-state index contributed by atoms with van der Waals surface area (Å²) in [6.45, 7) is 3.50. The first-order valence-corrected chi connectivity index (χ1v) is 10.0. The van der Waals surface area contributed by atoms with Crippen LogP contribution in [-0.2, 0) is 19.0 Å². The van der Waals surface area contributed by atoms with Crippen LogP contribution in [0.15, 0.2) is 15.8 Å². The second-order valence-electron chi connectivity index (χ2n) is 5.33. The highest BCUT2D eigenvalue weighted by molar-refractivity contribution is 7.99. The molecule has 8 nitrogen and oxygen atoms in total. The van der Waals surface area contributed by atoms with E-state index in [2.05, 4.69) is 4.98 Å². The molecule has 0 radical (unpaired) electrons. The van der Waals surface area contributed by atoms with Crippen LogP contribution >= 0.6 is 11.8 Å². The minimum absolute atomic E-state index is 0.00545. The Morgan fingerprint density at radius 2 is 2.17 bits per heavy atom. The summed E-state index contributed by atoms with van der Waals surface area (Å²) in [5, 5.41) is 0.00545. The molecule has 1 aromatic rings. The van der Waals surface area contributed by atoms with Crippen LogP contribution in [0.3, 0.4) is 0 Å². The Morgan fingerprint density at radius 3 is 2.78 bits per heavy atom. The fourth-order valence-corrected chi connectivity index (χ4v) is 3.87. The monoisotopic (exact) mass is 364 g/mol. The number of aryl methyl sites for hydroxylation is 1. The van der Waals surface area contributed by atoms with Gasteiger partial charge in [-0.3, -0.25) is 18.5 Å². The third-order valence-corrected chi connectivity index (χ3v) is 5.29. The number of H-pyrrole nitrogens is 1. The van der Waals surface area contributed by atoms with Crippen LogP contribution in [0.5, 0.6) is 0 Å². The van der Waals surface area contributed by atoms with Crippen molar-refractivity contribution in [1.82, 2.24) is 9.55 Å². The zero-order chi connectivity index (χ0) is 17.2. The first-order valence-electron chi connectivity index (χ1n) is 7.14. The van der Waals surface area contributed by atoms with E-state index >= 15 is 0 Å². The van der Waals surface area contributed by atoms with Crippen LogP contribution in [-0.4, -0.2) is 47.9 Å². The molecule has 0 unspecified atom stereocenters. The lowest BCUT2D eigenvalue weighted by Crippen LogP contribution is -2.33. The van der Waals surface area contributed by atoms with Crippen molar-refractivity contribution in [2.24, 2.45) is 0 Å². The number of nitrogens with one attached hydrogen (secondary N) is 1. The number of aromatic nitrogens is 2. The van der Waals surface area contributed by atoms with Gasteiger partial charge in [-0.25, -0.2) is 4.79 Å². The van der Waals surface area contributed by atoms with Crippen molar-refractivity contribution < 1.29 is 17.3 Å². The van der Waals surface area contributed by atoms with E-state index in [-0.39, 0.29) is 11.9 Å². The average Bonchev–Trinajstić information content (AvgIpc) is 2.83. The summed E-state index contributed by atoms with van der Waals surface area (Å²) in [5.41, 5.74) is -0.569. The Labute approximate surface area is 138 Å². The Hall–Kier alpha value is -1.10. The number of thioether (sulfide) groups is 1. The molecule has 3 atom stereocenters. The van der Waals surface area contributed by atoms with Gasteiger partial charge in [0.25, 0.3) is 15.7 Å². The number of nitrogens with zero attached hydrogens (tertiary/aromatic N) is 1. The van der Waals surface area contributed by atoms with Gasteiger partial charge < -0.3 is 4.74 Å². The van der Waals surface area contributed by atoms with Crippen molar-refractivity contribution in [2.75, 3.05) is 18.6 Å². The van der Waals surface area contributed by atoms with Gasteiger partial charge in [0, 0.05) is 23.4 Å². The second kappa shape index (κ2) is 7.20. The molecule has 1 fully saturated rings. The summed E-state index contributed by atoms with van der Waals surface area (Å²) in [7, 11) is -3.56. The second-order valence-corrected chi connectivity index (χ2v) is 8.49. The van der Waals surface area contributed by atoms with E-state index in [0.29, 0.717) is 12.0 Å². The molecule has 0 saturated carbocycles. The highest BCUT2D eigenvalue weighted by Crippen LogP contribution is 2.35. The molecule has 0 amide bonds. The third-order valence-electron chi connectivity index (χ3n) is 3.46. The number of ether oxygens (including phenoxy) is 1. The van der Waals surface area contributed by atoms with Gasteiger partial charge in [0.1, 0.15) is 6.23 Å². The lowest BCUT2D eigenvalue weighted by molar-refractivity contribution is -0.0181. The Kier molecular flexibility index (Phi) is 5.71.